The summed E-state index contributed by atoms with van der Waals surface area (Å²) in [5.41, 5.74) is 1.89. The average molecular weight is 257 g/mol. The Morgan fingerprint density at radius 3 is 2.59 bits per heavy atom. The van der Waals surface area contributed by atoms with Crippen molar-refractivity contribution in [3.05, 3.63) is 28.3 Å². The summed E-state index contributed by atoms with van der Waals surface area (Å²) in [5, 5.41) is 9.50. The van der Waals surface area contributed by atoms with Crippen molar-refractivity contribution in [1.82, 2.24) is 0 Å². The summed E-state index contributed by atoms with van der Waals surface area (Å²) < 4.78 is 5.50. The molecule has 94 valence electrons. The molecule has 0 amide bonds. The lowest BCUT2D eigenvalue weighted by atomic mass is 10.1. The quantitative estimate of drug-likeness (QED) is 0.876. The van der Waals surface area contributed by atoms with Crippen LogP contribution in [0.3, 0.4) is 0 Å². The number of aryl methyl sites for hydroxylation is 2. The lowest BCUT2D eigenvalue weighted by Gasteiger charge is -2.17. The van der Waals surface area contributed by atoms with Gasteiger partial charge in [-0.2, -0.15) is 0 Å². The summed E-state index contributed by atoms with van der Waals surface area (Å²) in [6.07, 6.45) is 0.386. The first-order valence-electron chi connectivity index (χ1n) is 5.62. The van der Waals surface area contributed by atoms with Crippen LogP contribution >= 0.6 is 11.6 Å². The van der Waals surface area contributed by atoms with Crippen molar-refractivity contribution in [3.8, 4) is 5.75 Å². The predicted molar refractivity (Wildman–Crippen MR) is 67.9 cm³/mol. The Kier molecular flexibility index (Phi) is 4.82. The van der Waals surface area contributed by atoms with Crippen LogP contribution in [0.1, 0.15) is 30.9 Å². The fourth-order valence-electron chi connectivity index (χ4n) is 1.69. The molecule has 0 aliphatic rings. The molecule has 1 aromatic carbocycles. The minimum atomic E-state index is -0.956. The second kappa shape index (κ2) is 5.92. The highest BCUT2D eigenvalue weighted by molar-refractivity contribution is 6.32. The zero-order chi connectivity index (χ0) is 13.0. The number of hydrogen-bond acceptors (Lipinski definition) is 2. The van der Waals surface area contributed by atoms with Crippen LogP contribution in [0.4, 0.5) is 0 Å². The number of hydrogen-bond donors (Lipinski definition) is 1. The molecule has 0 heterocycles. The van der Waals surface area contributed by atoms with Crippen molar-refractivity contribution in [2.75, 3.05) is 0 Å². The molecule has 0 saturated heterocycles. The van der Waals surface area contributed by atoms with E-state index in [1.807, 2.05) is 26.8 Å². The third-order valence-corrected chi connectivity index (χ3v) is 2.74. The molecule has 0 aromatic heterocycles. The molecule has 1 rings (SSSR count). The summed E-state index contributed by atoms with van der Waals surface area (Å²) in [5.74, 6) is -0.485. The molecule has 0 aliphatic heterocycles. The number of ether oxygens (including phenoxy) is 1. The van der Waals surface area contributed by atoms with Gasteiger partial charge in [0.2, 0.25) is 0 Å². The SMILES string of the molecule is CCCC(Oc1c(C)cc(C)cc1Cl)C(=O)O. The molecule has 3 nitrogen and oxygen atoms in total. The standard InChI is InChI=1S/C13H17ClO3/c1-4-5-11(13(15)16)17-12-9(3)6-8(2)7-10(12)14/h6-7,11H,4-5H2,1-3H3,(H,15,16). The molecule has 4 heteroatoms. The van der Waals surface area contributed by atoms with E-state index in [9.17, 15) is 4.79 Å². The molecule has 0 radical (unpaired) electrons. The molecule has 0 saturated carbocycles. The van der Waals surface area contributed by atoms with Crippen molar-refractivity contribution in [1.29, 1.82) is 0 Å². The fraction of sp³-hybridized carbons (Fsp3) is 0.462. The Bertz CT molecular complexity index is 392. The van der Waals surface area contributed by atoms with Gasteiger partial charge < -0.3 is 9.84 Å². The maximum atomic E-state index is 11.0. The minimum absolute atomic E-state index is 0.463. The van der Waals surface area contributed by atoms with Crippen LogP contribution in [0.25, 0.3) is 0 Å². The molecule has 0 bridgehead atoms. The van der Waals surface area contributed by atoms with Crippen molar-refractivity contribution in [3.63, 3.8) is 0 Å². The van der Waals surface area contributed by atoms with Crippen LogP contribution < -0.4 is 4.74 Å². The number of carboxylic acid groups (broad SMARTS) is 1. The van der Waals surface area contributed by atoms with Gasteiger partial charge in [-0.25, -0.2) is 4.79 Å². The molecule has 1 atom stereocenters. The van der Waals surface area contributed by atoms with E-state index in [4.69, 9.17) is 21.4 Å². The highest BCUT2D eigenvalue weighted by Crippen LogP contribution is 2.31. The van der Waals surface area contributed by atoms with E-state index in [0.717, 1.165) is 17.5 Å². The van der Waals surface area contributed by atoms with E-state index in [0.29, 0.717) is 17.2 Å². The normalized spacial score (nSPS) is 12.2. The Hall–Kier alpha value is -1.22. The third-order valence-electron chi connectivity index (χ3n) is 2.46. The number of benzene rings is 1. The highest BCUT2D eigenvalue weighted by Gasteiger charge is 2.20. The Labute approximate surface area is 106 Å². The molecule has 17 heavy (non-hydrogen) atoms. The van der Waals surface area contributed by atoms with E-state index in [1.54, 1.807) is 6.07 Å². The van der Waals surface area contributed by atoms with Gasteiger partial charge in [-0.15, -0.1) is 0 Å². The third kappa shape index (κ3) is 3.63. The van der Waals surface area contributed by atoms with Crippen LogP contribution in [0, 0.1) is 13.8 Å². The molecule has 0 spiro atoms. The molecular weight excluding hydrogens is 240 g/mol. The van der Waals surface area contributed by atoms with Gasteiger partial charge in [-0.3, -0.25) is 0 Å². The van der Waals surface area contributed by atoms with Crippen LogP contribution in [-0.2, 0) is 4.79 Å². The fourth-order valence-corrected chi connectivity index (χ4v) is 2.05. The molecule has 1 unspecified atom stereocenters. The summed E-state index contributed by atoms with van der Waals surface area (Å²) in [4.78, 5) is 11.0. The molecule has 0 fully saturated rings. The lowest BCUT2D eigenvalue weighted by Crippen LogP contribution is -2.27. The second-order valence-electron chi connectivity index (χ2n) is 4.13. The Balaban J connectivity index is 2.97. The van der Waals surface area contributed by atoms with Crippen LogP contribution in [-0.4, -0.2) is 17.2 Å². The Morgan fingerprint density at radius 2 is 2.12 bits per heavy atom. The summed E-state index contributed by atoms with van der Waals surface area (Å²) >= 11 is 6.07. The summed E-state index contributed by atoms with van der Waals surface area (Å²) in [7, 11) is 0. The summed E-state index contributed by atoms with van der Waals surface area (Å²) in [6, 6.07) is 3.70. The van der Waals surface area contributed by atoms with Crippen LogP contribution in [0.15, 0.2) is 12.1 Å². The minimum Gasteiger partial charge on any atom is -0.479 e. The first-order valence-corrected chi connectivity index (χ1v) is 5.99. The number of carboxylic acids is 1. The number of rotatable bonds is 5. The van der Waals surface area contributed by atoms with Gasteiger partial charge in [-0.05, 0) is 37.5 Å². The second-order valence-corrected chi connectivity index (χ2v) is 4.53. The van der Waals surface area contributed by atoms with Gasteiger partial charge in [0.25, 0.3) is 0 Å². The molecule has 1 N–H and O–H groups in total. The maximum Gasteiger partial charge on any atom is 0.344 e. The van der Waals surface area contributed by atoms with Crippen LogP contribution in [0.5, 0.6) is 5.75 Å². The van der Waals surface area contributed by atoms with E-state index < -0.39 is 12.1 Å². The predicted octanol–water partition coefficient (Wildman–Crippen LogP) is 3.59. The molecule has 1 aromatic rings. The largest absolute Gasteiger partial charge is 0.479 e. The van der Waals surface area contributed by atoms with Crippen molar-refractivity contribution < 1.29 is 14.6 Å². The zero-order valence-electron chi connectivity index (χ0n) is 10.3. The molecular formula is C13H17ClO3. The van der Waals surface area contributed by atoms with Gasteiger partial charge in [0.05, 0.1) is 5.02 Å². The van der Waals surface area contributed by atoms with Gasteiger partial charge >= 0.3 is 5.97 Å². The highest BCUT2D eigenvalue weighted by atomic mass is 35.5. The van der Waals surface area contributed by atoms with E-state index in [1.165, 1.54) is 0 Å². The van der Waals surface area contributed by atoms with Gasteiger partial charge in [0.1, 0.15) is 5.75 Å². The number of carbonyl (C=O) groups is 1. The average Bonchev–Trinajstić information content (AvgIpc) is 2.21. The first kappa shape index (κ1) is 13.8. The zero-order valence-corrected chi connectivity index (χ0v) is 11.0. The smallest absolute Gasteiger partial charge is 0.344 e. The van der Waals surface area contributed by atoms with Gasteiger partial charge in [0, 0.05) is 0 Å². The summed E-state index contributed by atoms with van der Waals surface area (Å²) in [6.45, 7) is 5.71. The van der Waals surface area contributed by atoms with Crippen molar-refractivity contribution in [2.24, 2.45) is 0 Å². The van der Waals surface area contributed by atoms with E-state index in [-0.39, 0.29) is 0 Å². The first-order chi connectivity index (χ1) is 7.95. The number of halogens is 1. The van der Waals surface area contributed by atoms with Crippen molar-refractivity contribution in [2.45, 2.75) is 39.7 Å². The van der Waals surface area contributed by atoms with Crippen molar-refractivity contribution >= 4 is 17.6 Å². The van der Waals surface area contributed by atoms with Gasteiger partial charge in [-0.1, -0.05) is 31.0 Å². The molecule has 0 aliphatic carbocycles. The lowest BCUT2D eigenvalue weighted by molar-refractivity contribution is -0.145. The maximum absolute atomic E-state index is 11.0. The van der Waals surface area contributed by atoms with Crippen LogP contribution in [0.2, 0.25) is 5.02 Å². The van der Waals surface area contributed by atoms with Gasteiger partial charge in [0.15, 0.2) is 6.10 Å². The van der Waals surface area contributed by atoms with E-state index in [2.05, 4.69) is 0 Å². The van der Waals surface area contributed by atoms with E-state index >= 15 is 0 Å². The Morgan fingerprint density at radius 1 is 1.47 bits per heavy atom. The monoisotopic (exact) mass is 256 g/mol. The topological polar surface area (TPSA) is 46.5 Å². The number of aliphatic carboxylic acids is 1.